The summed E-state index contributed by atoms with van der Waals surface area (Å²) in [6.45, 7) is -1.17. The number of carboxylic acids is 1. The predicted octanol–water partition coefficient (Wildman–Crippen LogP) is 1.18. The van der Waals surface area contributed by atoms with Crippen molar-refractivity contribution >= 4 is 55.9 Å². The summed E-state index contributed by atoms with van der Waals surface area (Å²) in [6.07, 6.45) is 0. The topological polar surface area (TPSA) is 113 Å². The maximum atomic E-state index is 13.9. The van der Waals surface area contributed by atoms with Gasteiger partial charge < -0.3 is 14.7 Å². The normalized spacial score (nSPS) is 25.0. The van der Waals surface area contributed by atoms with Gasteiger partial charge in [-0.25, -0.2) is 17.6 Å². The largest absolute Gasteiger partial charge is 0.480 e. The van der Waals surface area contributed by atoms with Crippen molar-refractivity contribution in [3.63, 3.8) is 0 Å². The van der Waals surface area contributed by atoms with Crippen LogP contribution in [0.4, 0.5) is 10.1 Å². The van der Waals surface area contributed by atoms with Gasteiger partial charge in [-0.05, 0) is 18.2 Å². The lowest BCUT2D eigenvalue weighted by molar-refractivity contribution is -0.143. The predicted molar refractivity (Wildman–Crippen MR) is 98.6 cm³/mol. The summed E-state index contributed by atoms with van der Waals surface area (Å²) in [6, 6.07) is 3.51. The molecule has 8 nitrogen and oxygen atoms in total. The number of hydrogen-bond donors (Lipinski definition) is 1. The van der Waals surface area contributed by atoms with E-state index in [-0.39, 0.29) is 26.9 Å². The lowest BCUT2D eigenvalue weighted by atomic mass is 10.2. The number of carboxylic acid groups (broad SMARTS) is 1. The van der Waals surface area contributed by atoms with Gasteiger partial charge in [-0.3, -0.25) is 4.79 Å². The molecule has 0 aromatic heterocycles. The molecule has 0 spiro atoms. The number of aliphatic carboxylic acids is 1. The van der Waals surface area contributed by atoms with Crippen LogP contribution in [0.3, 0.4) is 0 Å². The SMILES string of the molecule is O=C(O)COCC(=O)N=C1SC2CS(=O)(=O)CC2N1c1ccc(Cl)c(F)c1. The first-order chi connectivity index (χ1) is 12.7. The summed E-state index contributed by atoms with van der Waals surface area (Å²) in [7, 11) is -3.25. The monoisotopic (exact) mass is 436 g/mol. The van der Waals surface area contributed by atoms with Crippen molar-refractivity contribution in [2.24, 2.45) is 4.99 Å². The van der Waals surface area contributed by atoms with Gasteiger partial charge >= 0.3 is 5.97 Å². The highest BCUT2D eigenvalue weighted by Gasteiger charge is 2.49. The highest BCUT2D eigenvalue weighted by Crippen LogP contribution is 2.41. The van der Waals surface area contributed by atoms with Gasteiger partial charge in [0.05, 0.1) is 22.6 Å². The number of ether oxygens (including phenoxy) is 1. The third kappa shape index (κ3) is 4.60. The van der Waals surface area contributed by atoms with Gasteiger partial charge in [-0.2, -0.15) is 4.99 Å². The minimum Gasteiger partial charge on any atom is -0.480 e. The molecule has 0 radical (unpaired) electrons. The lowest BCUT2D eigenvalue weighted by Gasteiger charge is -2.24. The first-order valence-corrected chi connectivity index (χ1v) is 10.8. The van der Waals surface area contributed by atoms with Crippen LogP contribution in [0, 0.1) is 5.82 Å². The second-order valence-electron chi connectivity index (χ2n) is 5.94. The average molecular weight is 437 g/mol. The Morgan fingerprint density at radius 1 is 1.37 bits per heavy atom. The van der Waals surface area contributed by atoms with Crippen molar-refractivity contribution in [3.8, 4) is 0 Å². The molecule has 1 aromatic carbocycles. The average Bonchev–Trinajstić information content (AvgIpc) is 3.00. The number of thioether (sulfide) groups is 1. The van der Waals surface area contributed by atoms with Crippen LogP contribution < -0.4 is 4.90 Å². The van der Waals surface area contributed by atoms with Crippen molar-refractivity contribution in [2.75, 3.05) is 29.6 Å². The molecule has 2 unspecified atom stereocenters. The Labute approximate surface area is 163 Å². The third-order valence-corrected chi connectivity index (χ3v) is 7.44. The Morgan fingerprint density at radius 2 is 2.11 bits per heavy atom. The minimum absolute atomic E-state index is 0.0718. The quantitative estimate of drug-likeness (QED) is 0.732. The van der Waals surface area contributed by atoms with Crippen LogP contribution in [0.5, 0.6) is 0 Å². The highest BCUT2D eigenvalue weighted by atomic mass is 35.5. The molecule has 12 heteroatoms. The Morgan fingerprint density at radius 3 is 2.78 bits per heavy atom. The van der Waals surface area contributed by atoms with Crippen LogP contribution in [0.2, 0.25) is 5.02 Å². The zero-order valence-electron chi connectivity index (χ0n) is 13.7. The zero-order chi connectivity index (χ0) is 19.8. The first-order valence-electron chi connectivity index (χ1n) is 7.69. The van der Waals surface area contributed by atoms with Gasteiger partial charge in [0.15, 0.2) is 15.0 Å². The fourth-order valence-corrected chi connectivity index (χ4v) is 6.91. The molecule has 3 rings (SSSR count). The van der Waals surface area contributed by atoms with Crippen molar-refractivity contribution in [1.82, 2.24) is 0 Å². The van der Waals surface area contributed by atoms with Gasteiger partial charge in [0.2, 0.25) is 0 Å². The van der Waals surface area contributed by atoms with E-state index in [9.17, 15) is 22.4 Å². The van der Waals surface area contributed by atoms with E-state index < -0.39 is 46.8 Å². The fourth-order valence-electron chi connectivity index (χ4n) is 2.87. The van der Waals surface area contributed by atoms with Crippen LogP contribution in [-0.4, -0.2) is 66.6 Å². The van der Waals surface area contributed by atoms with Crippen LogP contribution in [0.1, 0.15) is 0 Å². The van der Waals surface area contributed by atoms with E-state index in [1.807, 2.05) is 0 Å². The van der Waals surface area contributed by atoms with Crippen molar-refractivity contribution in [1.29, 1.82) is 0 Å². The zero-order valence-corrected chi connectivity index (χ0v) is 16.1. The maximum absolute atomic E-state index is 13.9. The van der Waals surface area contributed by atoms with Crippen molar-refractivity contribution < 1.29 is 32.2 Å². The summed E-state index contributed by atoms with van der Waals surface area (Å²) >= 11 is 6.82. The molecule has 0 bridgehead atoms. The van der Waals surface area contributed by atoms with E-state index >= 15 is 0 Å². The van der Waals surface area contributed by atoms with Crippen LogP contribution >= 0.6 is 23.4 Å². The van der Waals surface area contributed by atoms with Crippen molar-refractivity contribution in [3.05, 3.63) is 29.0 Å². The smallest absolute Gasteiger partial charge is 0.329 e. The summed E-state index contributed by atoms with van der Waals surface area (Å²) in [5, 5.41) is 8.30. The summed E-state index contributed by atoms with van der Waals surface area (Å²) < 4.78 is 42.5. The van der Waals surface area contributed by atoms with Gasteiger partial charge in [0, 0.05) is 10.9 Å². The molecule has 2 atom stereocenters. The van der Waals surface area contributed by atoms with Gasteiger partial charge in [0.25, 0.3) is 5.91 Å². The number of halogens is 2. The number of aliphatic imine (C=N–C) groups is 1. The van der Waals surface area contributed by atoms with Gasteiger partial charge in [-0.15, -0.1) is 0 Å². The second kappa shape index (κ2) is 7.74. The first kappa shape index (κ1) is 20.1. The Hall–Kier alpha value is -1.69. The number of sulfone groups is 1. The molecule has 1 N–H and O–H groups in total. The lowest BCUT2D eigenvalue weighted by Crippen LogP contribution is -2.37. The number of fused-ring (bicyclic) bond motifs is 1. The molecule has 1 aromatic rings. The highest BCUT2D eigenvalue weighted by molar-refractivity contribution is 8.16. The molecular formula is C15H14ClFN2O6S2. The number of amides is 1. The third-order valence-electron chi connectivity index (χ3n) is 3.92. The van der Waals surface area contributed by atoms with E-state index in [2.05, 4.69) is 4.99 Å². The number of rotatable bonds is 5. The van der Waals surface area contributed by atoms with E-state index in [0.717, 1.165) is 17.8 Å². The number of benzene rings is 1. The molecule has 2 aliphatic rings. The van der Waals surface area contributed by atoms with Crippen LogP contribution in [-0.2, 0) is 24.2 Å². The number of amidine groups is 1. The summed E-state index contributed by atoms with van der Waals surface area (Å²) in [4.78, 5) is 27.8. The van der Waals surface area contributed by atoms with E-state index in [4.69, 9.17) is 21.4 Å². The van der Waals surface area contributed by atoms with E-state index in [1.54, 1.807) is 0 Å². The second-order valence-corrected chi connectivity index (χ2v) is 9.71. The standard InChI is InChI=1S/C15H14ClFN2O6S2/c16-9-2-1-8(3-10(9)17)19-11-6-27(23,24)7-12(11)26-15(19)18-13(20)4-25-5-14(21)22/h1-3,11-12H,4-7H2,(H,21,22). The summed E-state index contributed by atoms with van der Waals surface area (Å²) in [5.41, 5.74) is 0.326. The number of hydrogen-bond acceptors (Lipinski definition) is 6. The van der Waals surface area contributed by atoms with Gasteiger partial charge in [0.1, 0.15) is 19.0 Å². The molecule has 2 heterocycles. The molecule has 0 aliphatic carbocycles. The summed E-state index contributed by atoms with van der Waals surface area (Å²) in [5.74, 6) is -2.83. The van der Waals surface area contributed by atoms with Crippen molar-refractivity contribution in [2.45, 2.75) is 11.3 Å². The molecule has 2 saturated heterocycles. The molecular weight excluding hydrogens is 423 g/mol. The molecule has 2 aliphatic heterocycles. The maximum Gasteiger partial charge on any atom is 0.329 e. The minimum atomic E-state index is -3.25. The van der Waals surface area contributed by atoms with E-state index in [0.29, 0.717) is 5.69 Å². The number of nitrogens with zero attached hydrogens (tertiary/aromatic N) is 2. The molecule has 146 valence electrons. The van der Waals surface area contributed by atoms with Crippen LogP contribution in [0.25, 0.3) is 0 Å². The van der Waals surface area contributed by atoms with Crippen LogP contribution in [0.15, 0.2) is 23.2 Å². The number of carbonyl (C=O) groups excluding carboxylic acids is 1. The number of carbonyl (C=O) groups is 2. The Balaban J connectivity index is 1.88. The Bertz CT molecular complexity index is 923. The fraction of sp³-hybridized carbons (Fsp3) is 0.400. The molecule has 1 amide bonds. The number of anilines is 1. The van der Waals surface area contributed by atoms with E-state index in [1.165, 1.54) is 17.0 Å². The van der Waals surface area contributed by atoms with Gasteiger partial charge in [-0.1, -0.05) is 23.4 Å². The molecule has 2 fully saturated rings. The molecule has 27 heavy (non-hydrogen) atoms. The Kier molecular flexibility index (Phi) is 5.75. The molecule has 0 saturated carbocycles.